The molecule has 3 aromatic rings. The van der Waals surface area contributed by atoms with Crippen molar-refractivity contribution in [1.82, 2.24) is 20.0 Å². The number of ether oxygens (including phenoxy) is 1. The first kappa shape index (κ1) is 24.3. The van der Waals surface area contributed by atoms with Crippen LogP contribution in [0.2, 0.25) is 0 Å². The summed E-state index contributed by atoms with van der Waals surface area (Å²) < 4.78 is 5.89. The Balaban J connectivity index is 1.32. The molecular weight excluding hydrogens is 456 g/mol. The topological polar surface area (TPSA) is 98.8 Å². The van der Waals surface area contributed by atoms with Gasteiger partial charge in [0.1, 0.15) is 17.2 Å². The van der Waals surface area contributed by atoms with Gasteiger partial charge >= 0.3 is 0 Å². The van der Waals surface area contributed by atoms with Crippen LogP contribution >= 0.6 is 0 Å². The number of phenols is 1. The number of fused-ring (bicyclic) bond motifs is 2. The maximum absolute atomic E-state index is 13.5. The molecule has 190 valence electrons. The van der Waals surface area contributed by atoms with Crippen molar-refractivity contribution in [2.24, 2.45) is 5.92 Å². The fourth-order valence-corrected chi connectivity index (χ4v) is 5.32. The van der Waals surface area contributed by atoms with Crippen molar-refractivity contribution in [3.8, 4) is 11.5 Å². The second-order valence-corrected chi connectivity index (χ2v) is 10.3. The number of phenolic OH excluding ortho intramolecular Hbond substituents is 1. The number of hydrogen-bond acceptors (Lipinski definition) is 6. The summed E-state index contributed by atoms with van der Waals surface area (Å²) in [6, 6.07) is 9.06. The van der Waals surface area contributed by atoms with E-state index in [0.717, 1.165) is 55.5 Å². The van der Waals surface area contributed by atoms with E-state index in [4.69, 9.17) is 4.74 Å². The number of carbonyl (C=O) groups is 2. The average Bonchev–Trinajstić information content (AvgIpc) is 3.49. The Morgan fingerprint density at radius 1 is 1.11 bits per heavy atom. The second kappa shape index (κ2) is 10.3. The molecule has 8 heteroatoms. The molecule has 0 saturated heterocycles. The molecule has 5 rings (SSSR count). The minimum absolute atomic E-state index is 0.0226. The Hall–Kier alpha value is -3.39. The van der Waals surface area contributed by atoms with Crippen molar-refractivity contribution >= 4 is 22.6 Å². The molecule has 0 unspecified atom stereocenters. The summed E-state index contributed by atoms with van der Waals surface area (Å²) in [7, 11) is 4.08. The fraction of sp³-hybridized carbons (Fsp3) is 0.464. The van der Waals surface area contributed by atoms with E-state index in [1.54, 1.807) is 11.0 Å². The van der Waals surface area contributed by atoms with Crippen molar-refractivity contribution in [3.63, 3.8) is 0 Å². The summed E-state index contributed by atoms with van der Waals surface area (Å²) in [6.07, 6.45) is 5.98. The summed E-state index contributed by atoms with van der Waals surface area (Å²) in [5, 5.41) is 18.4. The van der Waals surface area contributed by atoms with Gasteiger partial charge in [-0.2, -0.15) is 5.10 Å². The van der Waals surface area contributed by atoms with Gasteiger partial charge in [0, 0.05) is 37.0 Å². The van der Waals surface area contributed by atoms with E-state index >= 15 is 0 Å². The molecule has 2 aromatic carbocycles. The highest BCUT2D eigenvalue weighted by molar-refractivity contribution is 6.10. The third kappa shape index (κ3) is 4.95. The molecule has 2 aliphatic rings. The van der Waals surface area contributed by atoms with Crippen LogP contribution in [0.3, 0.4) is 0 Å². The molecule has 1 aromatic heterocycles. The zero-order chi connectivity index (χ0) is 25.2. The van der Waals surface area contributed by atoms with Crippen LogP contribution in [0.15, 0.2) is 30.3 Å². The number of Topliss-reactive ketones (excluding diaryl/α,β-unsaturated/α-hetero) is 1. The summed E-state index contributed by atoms with van der Waals surface area (Å²) in [4.78, 5) is 30.4. The molecule has 1 amide bonds. The third-order valence-corrected chi connectivity index (χ3v) is 7.32. The number of aromatic amines is 1. The zero-order valence-corrected chi connectivity index (χ0v) is 21.0. The number of aromatic hydroxyl groups is 1. The largest absolute Gasteiger partial charge is 0.507 e. The van der Waals surface area contributed by atoms with Crippen molar-refractivity contribution < 1.29 is 19.4 Å². The minimum atomic E-state index is -0.267. The lowest BCUT2D eigenvalue weighted by atomic mass is 9.84. The molecule has 36 heavy (non-hydrogen) atoms. The maximum atomic E-state index is 13.5. The van der Waals surface area contributed by atoms with Crippen molar-refractivity contribution in [3.05, 3.63) is 52.7 Å². The fourth-order valence-electron chi connectivity index (χ4n) is 5.32. The van der Waals surface area contributed by atoms with E-state index in [1.807, 2.05) is 32.3 Å². The monoisotopic (exact) mass is 490 g/mol. The van der Waals surface area contributed by atoms with E-state index < -0.39 is 0 Å². The highest BCUT2D eigenvalue weighted by atomic mass is 16.5. The Bertz CT molecular complexity index is 1280. The molecule has 2 heterocycles. The van der Waals surface area contributed by atoms with E-state index in [2.05, 4.69) is 15.1 Å². The lowest BCUT2D eigenvalue weighted by Crippen LogP contribution is -2.25. The van der Waals surface area contributed by atoms with Crippen LogP contribution in [0.5, 0.6) is 11.5 Å². The summed E-state index contributed by atoms with van der Waals surface area (Å²) in [5.41, 5.74) is 3.23. The average molecular weight is 491 g/mol. The number of nitrogens with zero attached hydrogens (tertiary/aromatic N) is 3. The molecule has 1 aliphatic carbocycles. The van der Waals surface area contributed by atoms with E-state index in [1.165, 1.54) is 12.5 Å². The van der Waals surface area contributed by atoms with Crippen LogP contribution < -0.4 is 4.74 Å². The molecule has 1 saturated carbocycles. The predicted octanol–water partition coefficient (Wildman–Crippen LogP) is 4.52. The number of hydrogen-bond donors (Lipinski definition) is 2. The first-order valence-corrected chi connectivity index (χ1v) is 12.8. The molecule has 0 bridgehead atoms. The van der Waals surface area contributed by atoms with Gasteiger partial charge < -0.3 is 19.6 Å². The van der Waals surface area contributed by atoms with Crippen LogP contribution in [0, 0.1) is 5.92 Å². The van der Waals surface area contributed by atoms with Crippen molar-refractivity contribution in [2.75, 3.05) is 27.2 Å². The molecule has 0 radical (unpaired) electrons. The van der Waals surface area contributed by atoms with Crippen LogP contribution in [0.1, 0.15) is 70.5 Å². The number of H-pyrrole nitrogens is 1. The highest BCUT2D eigenvalue weighted by Crippen LogP contribution is 2.34. The first-order valence-electron chi connectivity index (χ1n) is 12.8. The number of carbonyl (C=O) groups excluding carboxylic acids is 2. The van der Waals surface area contributed by atoms with E-state index in [-0.39, 0.29) is 28.9 Å². The first-order chi connectivity index (χ1) is 17.4. The number of amides is 1. The van der Waals surface area contributed by atoms with Crippen LogP contribution in [0.25, 0.3) is 10.9 Å². The van der Waals surface area contributed by atoms with Gasteiger partial charge in [0.2, 0.25) is 0 Å². The van der Waals surface area contributed by atoms with Gasteiger partial charge in [-0.15, -0.1) is 0 Å². The number of ketones is 1. The number of nitrogens with one attached hydrogen (secondary N) is 1. The highest BCUT2D eigenvalue weighted by Gasteiger charge is 2.29. The minimum Gasteiger partial charge on any atom is -0.507 e. The van der Waals surface area contributed by atoms with Gasteiger partial charge in [0.05, 0.1) is 17.7 Å². The quantitative estimate of drug-likeness (QED) is 0.356. The summed E-state index contributed by atoms with van der Waals surface area (Å²) >= 11 is 0. The van der Waals surface area contributed by atoms with Crippen molar-refractivity contribution in [2.45, 2.75) is 51.6 Å². The Morgan fingerprint density at radius 3 is 2.67 bits per heavy atom. The SMILES string of the molecule is CN(C)CCCOc1ccc2c(c1)CN(C(=O)c1cc3c(C(=O)C4CCCCC4)n[nH]c3cc1O)C2. The van der Waals surface area contributed by atoms with E-state index in [9.17, 15) is 14.7 Å². The molecular formula is C28H34N4O4. The second-order valence-electron chi connectivity index (χ2n) is 10.3. The smallest absolute Gasteiger partial charge is 0.258 e. The maximum Gasteiger partial charge on any atom is 0.258 e. The van der Waals surface area contributed by atoms with Crippen LogP contribution in [0.4, 0.5) is 0 Å². The van der Waals surface area contributed by atoms with Gasteiger partial charge in [0.15, 0.2) is 5.78 Å². The van der Waals surface area contributed by atoms with Gasteiger partial charge in [-0.1, -0.05) is 25.3 Å². The van der Waals surface area contributed by atoms with Crippen LogP contribution in [-0.2, 0) is 13.1 Å². The molecule has 0 spiro atoms. The lowest BCUT2D eigenvalue weighted by Gasteiger charge is -2.19. The predicted molar refractivity (Wildman–Crippen MR) is 137 cm³/mol. The lowest BCUT2D eigenvalue weighted by molar-refractivity contribution is 0.0748. The van der Waals surface area contributed by atoms with Gasteiger partial charge in [0.25, 0.3) is 5.91 Å². The Kier molecular flexibility index (Phi) is 6.96. The molecule has 2 N–H and O–H groups in total. The number of aromatic nitrogens is 2. The molecule has 1 fully saturated rings. The standard InChI is InChI=1S/C28H34N4O4/c1-31(2)11-6-12-36-21-10-9-19-16-32(17-20(19)13-21)28(35)23-14-22-24(15-25(23)33)29-30-26(22)27(34)18-7-4-3-5-8-18/h9-10,13-15,18,33H,3-8,11-12,16-17H2,1-2H3,(H,29,30). The van der Waals surface area contributed by atoms with Gasteiger partial charge in [-0.3, -0.25) is 14.7 Å². The van der Waals surface area contributed by atoms with Crippen LogP contribution in [-0.4, -0.2) is 64.0 Å². The van der Waals surface area contributed by atoms with E-state index in [0.29, 0.717) is 36.3 Å². The molecule has 0 atom stereocenters. The van der Waals surface area contributed by atoms with Gasteiger partial charge in [-0.05, 0) is 62.7 Å². The zero-order valence-electron chi connectivity index (χ0n) is 21.0. The third-order valence-electron chi connectivity index (χ3n) is 7.32. The Morgan fingerprint density at radius 2 is 1.89 bits per heavy atom. The van der Waals surface area contributed by atoms with Crippen molar-refractivity contribution in [1.29, 1.82) is 0 Å². The Labute approximate surface area is 211 Å². The number of rotatable bonds is 8. The normalized spacial score (nSPS) is 16.0. The summed E-state index contributed by atoms with van der Waals surface area (Å²) in [6.45, 7) is 2.51. The van der Waals surface area contributed by atoms with Gasteiger partial charge in [-0.25, -0.2) is 0 Å². The molecule has 1 aliphatic heterocycles. The number of benzene rings is 2. The summed E-state index contributed by atoms with van der Waals surface area (Å²) in [5.74, 6) is 0.419. The molecule has 8 nitrogen and oxygen atoms in total.